The predicted molar refractivity (Wildman–Crippen MR) is 94.2 cm³/mol. The maximum atomic E-state index is 12.3. The molecule has 0 spiro atoms. The monoisotopic (exact) mass is 331 g/mol. The van der Waals surface area contributed by atoms with Gasteiger partial charge in [-0.2, -0.15) is 0 Å². The van der Waals surface area contributed by atoms with Crippen molar-refractivity contribution >= 4 is 5.91 Å². The van der Waals surface area contributed by atoms with Crippen molar-refractivity contribution in [3.05, 3.63) is 23.9 Å². The summed E-state index contributed by atoms with van der Waals surface area (Å²) in [5, 5.41) is 3.12. The van der Waals surface area contributed by atoms with Crippen molar-refractivity contribution in [2.24, 2.45) is 0 Å². The molecule has 1 saturated carbocycles. The molecule has 1 unspecified atom stereocenters. The quantitative estimate of drug-likeness (QED) is 0.835. The molecule has 132 valence electrons. The molecular weight excluding hydrogens is 302 g/mol. The molecule has 3 rings (SSSR count). The van der Waals surface area contributed by atoms with Crippen molar-refractivity contribution in [3.63, 3.8) is 0 Å². The summed E-state index contributed by atoms with van der Waals surface area (Å²) in [5.74, 6) is 1.42. The zero-order valence-corrected chi connectivity index (χ0v) is 15.0. The summed E-state index contributed by atoms with van der Waals surface area (Å²) in [7, 11) is 2.10. The first kappa shape index (κ1) is 17.2. The minimum Gasteiger partial charge on any atom is -0.475 e. The number of nitrogens with zero attached hydrogens (tertiary/aromatic N) is 2. The van der Waals surface area contributed by atoms with Crippen LogP contribution in [-0.2, 0) is 4.79 Å². The van der Waals surface area contributed by atoms with Crippen LogP contribution in [0.5, 0.6) is 5.88 Å². The molecule has 0 radical (unpaired) electrons. The second-order valence-corrected chi connectivity index (χ2v) is 7.87. The maximum Gasteiger partial charge on any atom is 0.222 e. The number of hydrogen-bond acceptors (Lipinski definition) is 4. The summed E-state index contributed by atoms with van der Waals surface area (Å²) in [6, 6.07) is 4.44. The van der Waals surface area contributed by atoms with Gasteiger partial charge in [-0.15, -0.1) is 0 Å². The highest BCUT2D eigenvalue weighted by molar-refractivity contribution is 5.77. The van der Waals surface area contributed by atoms with Crippen molar-refractivity contribution in [1.82, 2.24) is 15.2 Å². The number of carbonyl (C=O) groups is 1. The van der Waals surface area contributed by atoms with Crippen LogP contribution in [-0.4, -0.2) is 47.6 Å². The van der Waals surface area contributed by atoms with Gasteiger partial charge in [0.05, 0.1) is 5.54 Å². The zero-order valence-electron chi connectivity index (χ0n) is 15.0. The Morgan fingerprint density at radius 2 is 2.21 bits per heavy atom. The summed E-state index contributed by atoms with van der Waals surface area (Å²) < 4.78 is 5.96. The van der Waals surface area contributed by atoms with E-state index < -0.39 is 5.54 Å². The number of ether oxygens (including phenoxy) is 1. The van der Waals surface area contributed by atoms with Gasteiger partial charge in [0.25, 0.3) is 0 Å². The summed E-state index contributed by atoms with van der Waals surface area (Å²) >= 11 is 0. The van der Waals surface area contributed by atoms with E-state index in [2.05, 4.69) is 28.3 Å². The predicted octanol–water partition coefficient (Wildman–Crippen LogP) is 2.72. The largest absolute Gasteiger partial charge is 0.475 e. The lowest BCUT2D eigenvalue weighted by Crippen LogP contribution is -2.49. The fourth-order valence-corrected chi connectivity index (χ4v) is 3.39. The average molecular weight is 331 g/mol. The molecule has 2 aliphatic rings. The maximum absolute atomic E-state index is 12.3. The van der Waals surface area contributed by atoms with Crippen molar-refractivity contribution in [3.8, 4) is 5.88 Å². The molecule has 2 fully saturated rings. The fourth-order valence-electron chi connectivity index (χ4n) is 3.39. The Morgan fingerprint density at radius 1 is 1.42 bits per heavy atom. The summed E-state index contributed by atoms with van der Waals surface area (Å²) in [5.41, 5.74) is 0.791. The van der Waals surface area contributed by atoms with E-state index in [-0.39, 0.29) is 5.91 Å². The minimum absolute atomic E-state index is 0.103. The number of amides is 1. The van der Waals surface area contributed by atoms with Crippen LogP contribution in [0.15, 0.2) is 18.3 Å². The van der Waals surface area contributed by atoms with Crippen molar-refractivity contribution in [1.29, 1.82) is 0 Å². The molecule has 1 saturated heterocycles. The van der Waals surface area contributed by atoms with Crippen LogP contribution in [0.25, 0.3) is 0 Å². The molecule has 1 atom stereocenters. The SMILES string of the molecule is CN1CCCC1CC(=O)NC(C)(C)COc1ncccc1C1CC1. The summed E-state index contributed by atoms with van der Waals surface area (Å²) in [6.07, 6.45) is 7.07. The van der Waals surface area contributed by atoms with Crippen LogP contribution in [0.4, 0.5) is 0 Å². The number of carbonyl (C=O) groups excluding carboxylic acids is 1. The number of rotatable bonds is 7. The lowest BCUT2D eigenvalue weighted by molar-refractivity contribution is -0.124. The number of hydrogen-bond donors (Lipinski definition) is 1. The summed E-state index contributed by atoms with van der Waals surface area (Å²) in [4.78, 5) is 19.0. The van der Waals surface area contributed by atoms with Gasteiger partial charge in [0, 0.05) is 24.2 Å². The number of pyridine rings is 1. The van der Waals surface area contributed by atoms with Crippen LogP contribution in [0.1, 0.15) is 57.4 Å². The Morgan fingerprint density at radius 3 is 2.88 bits per heavy atom. The van der Waals surface area contributed by atoms with Gasteiger partial charge in [0.1, 0.15) is 6.61 Å². The van der Waals surface area contributed by atoms with Crippen LogP contribution in [0.3, 0.4) is 0 Å². The second kappa shape index (κ2) is 7.09. The Labute approximate surface area is 144 Å². The van der Waals surface area contributed by atoms with Gasteiger partial charge in [-0.05, 0) is 65.1 Å². The topological polar surface area (TPSA) is 54.5 Å². The van der Waals surface area contributed by atoms with Gasteiger partial charge >= 0.3 is 0 Å². The molecular formula is C19H29N3O2. The molecule has 1 aromatic rings. The first-order chi connectivity index (χ1) is 11.4. The van der Waals surface area contributed by atoms with E-state index in [1.165, 1.54) is 24.8 Å². The third-order valence-corrected chi connectivity index (χ3v) is 4.96. The molecule has 5 nitrogen and oxygen atoms in total. The van der Waals surface area contributed by atoms with Crippen LogP contribution in [0, 0.1) is 0 Å². The van der Waals surface area contributed by atoms with Crippen molar-refractivity contribution < 1.29 is 9.53 Å². The fraction of sp³-hybridized carbons (Fsp3) is 0.684. The molecule has 0 aromatic carbocycles. The van der Waals surface area contributed by atoms with Crippen LogP contribution >= 0.6 is 0 Å². The third kappa shape index (κ3) is 4.47. The normalized spacial score (nSPS) is 21.7. The standard InChI is InChI=1S/C19H29N3O2/c1-19(2,21-17(23)12-15-6-5-11-22(15)3)13-24-18-16(14-8-9-14)7-4-10-20-18/h4,7,10,14-15H,5-6,8-9,11-13H2,1-3H3,(H,21,23). The first-order valence-corrected chi connectivity index (χ1v) is 9.03. The second-order valence-electron chi connectivity index (χ2n) is 7.87. The molecule has 1 amide bonds. The van der Waals surface area contributed by atoms with E-state index in [1.54, 1.807) is 6.20 Å². The first-order valence-electron chi connectivity index (χ1n) is 9.03. The minimum atomic E-state index is -0.410. The van der Waals surface area contributed by atoms with Crippen molar-refractivity contribution in [2.75, 3.05) is 20.2 Å². The number of nitrogens with one attached hydrogen (secondary N) is 1. The van der Waals surface area contributed by atoms with E-state index in [9.17, 15) is 4.79 Å². The van der Waals surface area contributed by atoms with Gasteiger partial charge < -0.3 is 15.0 Å². The lowest BCUT2D eigenvalue weighted by Gasteiger charge is -2.28. The third-order valence-electron chi connectivity index (χ3n) is 4.96. The van der Waals surface area contributed by atoms with Gasteiger partial charge in [0.2, 0.25) is 11.8 Å². The Kier molecular flexibility index (Phi) is 5.09. The highest BCUT2D eigenvalue weighted by Gasteiger charge is 2.30. The van der Waals surface area contributed by atoms with Gasteiger partial charge in [-0.25, -0.2) is 4.98 Å². The van der Waals surface area contributed by atoms with E-state index >= 15 is 0 Å². The van der Waals surface area contributed by atoms with E-state index in [1.807, 2.05) is 19.9 Å². The van der Waals surface area contributed by atoms with Gasteiger partial charge in [-0.3, -0.25) is 4.79 Å². The molecule has 1 N–H and O–H groups in total. The van der Waals surface area contributed by atoms with E-state index in [0.717, 1.165) is 18.8 Å². The van der Waals surface area contributed by atoms with E-state index in [4.69, 9.17) is 4.74 Å². The number of aromatic nitrogens is 1. The van der Waals surface area contributed by atoms with E-state index in [0.29, 0.717) is 25.0 Å². The molecule has 5 heteroatoms. The van der Waals surface area contributed by atoms with Gasteiger partial charge in [-0.1, -0.05) is 6.07 Å². The molecule has 24 heavy (non-hydrogen) atoms. The highest BCUT2D eigenvalue weighted by atomic mass is 16.5. The molecule has 1 aromatic heterocycles. The average Bonchev–Trinajstić information content (AvgIpc) is 3.30. The highest BCUT2D eigenvalue weighted by Crippen LogP contribution is 2.43. The van der Waals surface area contributed by atoms with Gasteiger partial charge in [0.15, 0.2) is 0 Å². The molecule has 2 heterocycles. The zero-order chi connectivity index (χ0) is 17.2. The Hall–Kier alpha value is -1.62. The molecule has 0 bridgehead atoms. The van der Waals surface area contributed by atoms with Crippen LogP contribution in [0.2, 0.25) is 0 Å². The molecule has 1 aliphatic carbocycles. The lowest BCUT2D eigenvalue weighted by atomic mass is 10.1. The Balaban J connectivity index is 1.51. The van der Waals surface area contributed by atoms with Crippen LogP contribution < -0.4 is 10.1 Å². The van der Waals surface area contributed by atoms with Crippen molar-refractivity contribution in [2.45, 2.75) is 63.5 Å². The smallest absolute Gasteiger partial charge is 0.222 e. The molecule has 1 aliphatic heterocycles. The number of likely N-dealkylation sites (tertiary alicyclic amines) is 1. The summed E-state index contributed by atoms with van der Waals surface area (Å²) in [6.45, 7) is 5.52. The Bertz CT molecular complexity index is 584.